The molecule has 166 valence electrons. The molecule has 0 amide bonds. The first-order chi connectivity index (χ1) is 12.9. The minimum absolute atomic E-state index is 0. The minimum atomic E-state index is 0. The molecule has 0 spiro atoms. The van der Waals surface area contributed by atoms with Crippen molar-refractivity contribution in [3.8, 4) is 0 Å². The molecule has 3 heteroatoms. The van der Waals surface area contributed by atoms with Gasteiger partial charge in [0.15, 0.2) is 0 Å². The number of unbranched alkanes of at least 4 members (excludes halogenated alkanes) is 21. The molecule has 1 unspecified atom stereocenters. The molecule has 0 aliphatic carbocycles. The molecule has 0 aromatic heterocycles. The normalized spacial score (nSPS) is 11.3. The molecule has 0 rings (SSSR count). The van der Waals surface area contributed by atoms with E-state index in [1.54, 1.807) is 0 Å². The summed E-state index contributed by atoms with van der Waals surface area (Å²) in [7, 11) is 0.918. The highest BCUT2D eigenvalue weighted by Crippen LogP contribution is 2.15. The molecule has 0 aromatic carbocycles. The molecular weight excluding hydrogens is 349 g/mol. The second-order valence-electron chi connectivity index (χ2n) is 8.42. The summed E-state index contributed by atoms with van der Waals surface area (Å²) >= 11 is 0. The van der Waals surface area contributed by atoms with Crippen LogP contribution in [0.3, 0.4) is 0 Å². The van der Waals surface area contributed by atoms with E-state index in [1.165, 1.54) is 147 Å². The Kier molecular flexibility index (Phi) is 31.3. The second kappa shape index (κ2) is 28.6. The van der Waals surface area contributed by atoms with Crippen molar-refractivity contribution in [2.45, 2.75) is 148 Å². The number of rotatable bonds is 23. The van der Waals surface area contributed by atoms with Gasteiger partial charge in [-0.25, -0.2) is 0 Å². The predicted octanol–water partition coefficient (Wildman–Crippen LogP) is 8.25. The molecule has 0 heterocycles. The molecule has 0 aliphatic rings. The van der Waals surface area contributed by atoms with Crippen molar-refractivity contribution in [1.29, 1.82) is 0 Å². The number of hydrogen-bond acceptors (Lipinski definition) is 1. The van der Waals surface area contributed by atoms with Crippen molar-refractivity contribution in [2.75, 3.05) is 6.16 Å². The second-order valence-corrected chi connectivity index (χ2v) is 9.42. The van der Waals surface area contributed by atoms with E-state index in [0.717, 1.165) is 8.73 Å². The van der Waals surface area contributed by atoms with E-state index >= 15 is 0 Å². The molecule has 0 fully saturated rings. The molecule has 0 radical (unpaired) electrons. The van der Waals surface area contributed by atoms with E-state index in [0.29, 0.717) is 0 Å². The maximum atomic E-state index is 3.94. The van der Waals surface area contributed by atoms with Gasteiger partial charge in [0.05, 0.1) is 8.73 Å². The van der Waals surface area contributed by atoms with E-state index in [2.05, 4.69) is 12.4 Å². The summed E-state index contributed by atoms with van der Waals surface area (Å²) in [5.41, 5.74) is 3.94. The highest BCUT2D eigenvalue weighted by molar-refractivity contribution is 7.29. The molecule has 0 bridgehead atoms. The molecule has 2 nitrogen and oxygen atoms in total. The van der Waals surface area contributed by atoms with E-state index in [-0.39, 0.29) is 5.48 Å². The van der Waals surface area contributed by atoms with Crippen LogP contribution in [0.15, 0.2) is 0 Å². The third kappa shape index (κ3) is 28.7. The molecule has 0 saturated heterocycles. The van der Waals surface area contributed by atoms with Gasteiger partial charge in [0.1, 0.15) is 0 Å². The highest BCUT2D eigenvalue weighted by atomic mass is 31.1. The van der Waals surface area contributed by atoms with Gasteiger partial charge in [0.25, 0.3) is 0 Å². The fourth-order valence-corrected chi connectivity index (χ4v) is 4.36. The van der Waals surface area contributed by atoms with Crippen molar-refractivity contribution in [1.82, 2.24) is 0 Å². The number of hydrogen-bond donors (Lipinski definition) is 1. The molecule has 1 atom stereocenters. The lowest BCUT2D eigenvalue weighted by Gasteiger charge is -2.04. The smallest absolute Gasteiger partial charge is 0.0842 e. The van der Waals surface area contributed by atoms with Crippen LogP contribution in [-0.2, 0) is 0 Å². The zero-order valence-electron chi connectivity index (χ0n) is 18.9. The lowest BCUT2D eigenvalue weighted by atomic mass is 10.0. The zero-order valence-corrected chi connectivity index (χ0v) is 19.9. The van der Waals surface area contributed by atoms with Gasteiger partial charge >= 0.3 is 0 Å². The van der Waals surface area contributed by atoms with Gasteiger partial charge in [0.2, 0.25) is 0 Å². The van der Waals surface area contributed by atoms with E-state index in [4.69, 9.17) is 0 Å². The average Bonchev–Trinajstić information content (AvgIpc) is 2.66. The monoisotopic (exact) mass is 403 g/mol. The van der Waals surface area contributed by atoms with Crippen LogP contribution >= 0.6 is 8.73 Å². The molecule has 0 saturated carbocycles. The van der Waals surface area contributed by atoms with Crippen LogP contribution in [-0.4, -0.2) is 11.6 Å². The Morgan fingerprint density at radius 2 is 0.630 bits per heavy atom. The van der Waals surface area contributed by atoms with Crippen LogP contribution in [0.4, 0.5) is 0 Å². The molecular formula is C24H54NOP. The lowest BCUT2D eigenvalue weighted by molar-refractivity contribution is -0.150. The van der Waals surface area contributed by atoms with Gasteiger partial charge in [-0.2, -0.15) is 0 Å². The maximum Gasteiger partial charge on any atom is 0.0842 e. The first-order valence-electron chi connectivity index (χ1n) is 12.4. The molecule has 0 aromatic rings. The molecule has 0 aliphatic heterocycles. The third-order valence-corrected chi connectivity index (χ3v) is 6.41. The Morgan fingerprint density at radius 1 is 0.407 bits per heavy atom. The Hall–Kier alpha value is 0.350. The SMILES string of the molecule is CCCCCCCCCCCCCCCCCCCCCCCCP[NH3+].[OH-]. The summed E-state index contributed by atoms with van der Waals surface area (Å²) in [5.74, 6) is 0. The van der Waals surface area contributed by atoms with Gasteiger partial charge < -0.3 is 11.0 Å². The van der Waals surface area contributed by atoms with Crippen LogP contribution in [0.5, 0.6) is 0 Å². The summed E-state index contributed by atoms with van der Waals surface area (Å²) in [6, 6.07) is 0. The quantitative estimate of drug-likeness (QED) is 0.135. The van der Waals surface area contributed by atoms with Gasteiger partial charge in [-0.3, -0.25) is 0 Å². The van der Waals surface area contributed by atoms with E-state index in [9.17, 15) is 0 Å². The molecule has 4 N–H and O–H groups in total. The third-order valence-electron chi connectivity index (χ3n) is 5.71. The van der Waals surface area contributed by atoms with Gasteiger partial charge in [-0.1, -0.05) is 142 Å². The van der Waals surface area contributed by atoms with Crippen LogP contribution in [0.25, 0.3) is 0 Å². The first kappa shape index (κ1) is 29.6. The summed E-state index contributed by atoms with van der Waals surface area (Å²) in [6.45, 7) is 2.30. The van der Waals surface area contributed by atoms with Crippen molar-refractivity contribution >= 4 is 8.73 Å². The predicted molar refractivity (Wildman–Crippen MR) is 125 cm³/mol. The van der Waals surface area contributed by atoms with Crippen LogP contribution in [0, 0.1) is 0 Å². The number of quaternary nitrogens is 1. The van der Waals surface area contributed by atoms with Crippen molar-refractivity contribution in [3.05, 3.63) is 0 Å². The van der Waals surface area contributed by atoms with Gasteiger partial charge in [-0.05, 0) is 6.42 Å². The Labute approximate surface area is 174 Å². The van der Waals surface area contributed by atoms with E-state index < -0.39 is 0 Å². The summed E-state index contributed by atoms with van der Waals surface area (Å²) in [5, 5.41) is 0. The van der Waals surface area contributed by atoms with Crippen molar-refractivity contribution in [2.24, 2.45) is 0 Å². The Morgan fingerprint density at radius 3 is 0.852 bits per heavy atom. The summed E-state index contributed by atoms with van der Waals surface area (Å²) in [6.07, 6.45) is 33.7. The zero-order chi connectivity index (χ0) is 19.0. The Bertz CT molecular complexity index is 214. The van der Waals surface area contributed by atoms with Gasteiger partial charge in [0, 0.05) is 6.16 Å². The van der Waals surface area contributed by atoms with E-state index in [1.807, 2.05) is 0 Å². The lowest BCUT2D eigenvalue weighted by Crippen LogP contribution is -2.34. The van der Waals surface area contributed by atoms with Crippen molar-refractivity contribution in [3.63, 3.8) is 0 Å². The average molecular weight is 404 g/mol. The Balaban J connectivity index is 0. The largest absolute Gasteiger partial charge is 0.870 e. The summed E-state index contributed by atoms with van der Waals surface area (Å²) in [4.78, 5) is 0. The fourth-order valence-electron chi connectivity index (χ4n) is 3.86. The van der Waals surface area contributed by atoms with Crippen LogP contribution in [0.1, 0.15) is 148 Å². The summed E-state index contributed by atoms with van der Waals surface area (Å²) < 4.78 is 0. The highest BCUT2D eigenvalue weighted by Gasteiger charge is 1.95. The van der Waals surface area contributed by atoms with Crippen LogP contribution in [0.2, 0.25) is 0 Å². The standard InChI is InChI=1S/C24H52NP.H2O/c1-2-3-4-5-6-7-8-9-10-11-12-13-14-15-16-17-18-19-20-21-22-23-24-26-25;/h26H,2-25H2,1H3;1H2. The first-order valence-corrected chi connectivity index (χ1v) is 13.8. The topological polar surface area (TPSA) is 57.6 Å². The maximum absolute atomic E-state index is 3.94. The minimum Gasteiger partial charge on any atom is -0.870 e. The van der Waals surface area contributed by atoms with Crippen molar-refractivity contribution < 1.29 is 11.0 Å². The van der Waals surface area contributed by atoms with Crippen LogP contribution < -0.4 is 5.50 Å². The van der Waals surface area contributed by atoms with Gasteiger partial charge in [-0.15, -0.1) is 0 Å². The fraction of sp³-hybridized carbons (Fsp3) is 1.00. The molecule has 27 heavy (non-hydrogen) atoms.